The highest BCUT2D eigenvalue weighted by Crippen LogP contribution is 2.30. The van der Waals surface area contributed by atoms with Crippen LogP contribution in [-0.2, 0) is 0 Å². The van der Waals surface area contributed by atoms with E-state index in [9.17, 15) is 0 Å². The van der Waals surface area contributed by atoms with Gasteiger partial charge >= 0.3 is 0 Å². The van der Waals surface area contributed by atoms with Crippen molar-refractivity contribution in [2.45, 2.75) is 77.4 Å². The molecule has 0 spiro atoms. The van der Waals surface area contributed by atoms with Crippen molar-refractivity contribution in [1.82, 2.24) is 15.1 Å². The Hall–Kier alpha value is 0.360. The maximum absolute atomic E-state index is 3.69. The summed E-state index contributed by atoms with van der Waals surface area (Å²) in [5.74, 6) is 1.81. The van der Waals surface area contributed by atoms with Crippen LogP contribution < -0.4 is 5.32 Å². The summed E-state index contributed by atoms with van der Waals surface area (Å²) in [6.07, 6.45) is 5.11. The van der Waals surface area contributed by atoms with Crippen LogP contribution in [0.4, 0.5) is 0 Å². The molecule has 3 nitrogen and oxygen atoms in total. The first-order valence-electron chi connectivity index (χ1n) is 8.47. The summed E-state index contributed by atoms with van der Waals surface area (Å²) in [6.45, 7) is 12.6. The Balaban J connectivity index is 0. The number of rotatable bonds is 4. The average Bonchev–Trinajstić information content (AvgIpc) is 2.35. The Labute approximate surface area is 149 Å². The van der Waals surface area contributed by atoms with Crippen LogP contribution >= 0.6 is 15.9 Å². The summed E-state index contributed by atoms with van der Waals surface area (Å²) in [5.41, 5.74) is 0.549. The molecule has 4 heteroatoms. The lowest BCUT2D eigenvalue weighted by Crippen LogP contribution is -2.61. The normalized spacial score (nSPS) is 20.0. The quantitative estimate of drug-likeness (QED) is 0.737. The first kappa shape index (κ1) is 24.6. The molecule has 0 aromatic rings. The SMILES string of the molecule is CBr.CCCCN(C)C.CN(C)C1CC(C)(C)NC(C)(C)C1. The van der Waals surface area contributed by atoms with E-state index in [-0.39, 0.29) is 11.1 Å². The highest BCUT2D eigenvalue weighted by molar-refractivity contribution is 9.08. The van der Waals surface area contributed by atoms with Crippen LogP contribution in [0.2, 0.25) is 0 Å². The number of alkyl halides is 1. The zero-order chi connectivity index (χ0) is 18.0. The predicted molar refractivity (Wildman–Crippen MR) is 106 cm³/mol. The highest BCUT2D eigenvalue weighted by atomic mass is 79.9. The topological polar surface area (TPSA) is 18.5 Å². The Morgan fingerprint density at radius 3 is 1.59 bits per heavy atom. The second-order valence-corrected chi connectivity index (χ2v) is 8.08. The van der Waals surface area contributed by atoms with Crippen LogP contribution in [0, 0.1) is 0 Å². The molecule has 0 saturated carbocycles. The minimum Gasteiger partial charge on any atom is -0.309 e. The minimum absolute atomic E-state index is 0.274. The molecular weight excluding hydrogens is 338 g/mol. The summed E-state index contributed by atoms with van der Waals surface area (Å²) >= 11 is 2.94. The molecule has 1 N–H and O–H groups in total. The molecule has 0 radical (unpaired) electrons. The Morgan fingerprint density at radius 2 is 1.36 bits per heavy atom. The van der Waals surface area contributed by atoms with Crippen molar-refractivity contribution in [2.24, 2.45) is 0 Å². The van der Waals surface area contributed by atoms with Gasteiger partial charge in [-0.05, 0) is 87.5 Å². The molecule has 0 aromatic heterocycles. The molecule has 0 unspecified atom stereocenters. The molecule has 0 aromatic carbocycles. The molecule has 1 fully saturated rings. The number of unbranched alkanes of at least 4 members (excludes halogenated alkanes) is 1. The van der Waals surface area contributed by atoms with Crippen molar-refractivity contribution in [2.75, 3.05) is 40.6 Å². The van der Waals surface area contributed by atoms with Crippen LogP contribution in [0.25, 0.3) is 0 Å². The second-order valence-electron chi connectivity index (χ2n) is 8.08. The van der Waals surface area contributed by atoms with Crippen molar-refractivity contribution in [3.05, 3.63) is 0 Å². The number of hydrogen-bond donors (Lipinski definition) is 1. The van der Waals surface area contributed by atoms with E-state index in [2.05, 4.69) is 93.9 Å². The Morgan fingerprint density at radius 1 is 0.955 bits per heavy atom. The third-order valence-corrected chi connectivity index (χ3v) is 3.86. The van der Waals surface area contributed by atoms with E-state index in [1.165, 1.54) is 32.2 Å². The van der Waals surface area contributed by atoms with Crippen molar-refractivity contribution >= 4 is 15.9 Å². The van der Waals surface area contributed by atoms with E-state index in [1.54, 1.807) is 0 Å². The van der Waals surface area contributed by atoms with Gasteiger partial charge in [-0.1, -0.05) is 29.3 Å². The molecule has 0 amide bonds. The second kappa shape index (κ2) is 11.8. The van der Waals surface area contributed by atoms with Crippen LogP contribution in [0.3, 0.4) is 0 Å². The van der Waals surface area contributed by atoms with E-state index in [0.29, 0.717) is 6.04 Å². The largest absolute Gasteiger partial charge is 0.309 e. The summed E-state index contributed by atoms with van der Waals surface area (Å²) in [5, 5.41) is 3.69. The smallest absolute Gasteiger partial charge is 0.0145 e. The third kappa shape index (κ3) is 12.9. The summed E-state index contributed by atoms with van der Waals surface area (Å²) in [7, 11) is 8.58. The van der Waals surface area contributed by atoms with Crippen molar-refractivity contribution < 1.29 is 0 Å². The van der Waals surface area contributed by atoms with Gasteiger partial charge in [0.15, 0.2) is 0 Å². The van der Waals surface area contributed by atoms with Crippen LogP contribution in [0.5, 0.6) is 0 Å². The summed E-state index contributed by atoms with van der Waals surface area (Å²) in [4.78, 5) is 4.56. The van der Waals surface area contributed by atoms with Gasteiger partial charge in [0.1, 0.15) is 0 Å². The fourth-order valence-corrected chi connectivity index (χ4v) is 3.11. The number of nitrogens with one attached hydrogen (secondary N) is 1. The van der Waals surface area contributed by atoms with Crippen LogP contribution in [0.1, 0.15) is 60.3 Å². The average molecular weight is 380 g/mol. The van der Waals surface area contributed by atoms with E-state index >= 15 is 0 Å². The van der Waals surface area contributed by atoms with E-state index < -0.39 is 0 Å². The van der Waals surface area contributed by atoms with Gasteiger partial charge in [0.2, 0.25) is 0 Å². The summed E-state index contributed by atoms with van der Waals surface area (Å²) < 4.78 is 0. The number of nitrogens with zero attached hydrogens (tertiary/aromatic N) is 2. The molecule has 1 heterocycles. The lowest BCUT2D eigenvalue weighted by atomic mass is 9.79. The van der Waals surface area contributed by atoms with Crippen molar-refractivity contribution in [3.8, 4) is 0 Å². The third-order valence-electron chi connectivity index (χ3n) is 3.86. The van der Waals surface area contributed by atoms with Gasteiger partial charge in [-0.15, -0.1) is 0 Å². The predicted octanol–water partition coefficient (Wildman–Crippen LogP) is 4.22. The van der Waals surface area contributed by atoms with E-state index in [4.69, 9.17) is 0 Å². The van der Waals surface area contributed by atoms with E-state index in [0.717, 1.165) is 0 Å². The number of hydrogen-bond acceptors (Lipinski definition) is 3. The monoisotopic (exact) mass is 379 g/mol. The first-order chi connectivity index (χ1) is 9.99. The molecule has 1 saturated heterocycles. The number of piperidine rings is 1. The molecule has 0 aliphatic carbocycles. The number of halogens is 1. The molecule has 1 rings (SSSR count). The van der Waals surface area contributed by atoms with Gasteiger partial charge in [-0.25, -0.2) is 0 Å². The lowest BCUT2D eigenvalue weighted by molar-refractivity contribution is 0.0953. The van der Waals surface area contributed by atoms with Gasteiger partial charge in [-0.2, -0.15) is 0 Å². The maximum atomic E-state index is 3.69. The zero-order valence-corrected chi connectivity index (χ0v) is 18.5. The molecule has 1 aliphatic heterocycles. The fourth-order valence-electron chi connectivity index (χ4n) is 3.11. The lowest BCUT2D eigenvalue weighted by Gasteiger charge is -2.48. The van der Waals surface area contributed by atoms with Gasteiger partial charge < -0.3 is 15.1 Å². The molecule has 0 bridgehead atoms. The van der Waals surface area contributed by atoms with Crippen molar-refractivity contribution in [1.29, 1.82) is 0 Å². The minimum atomic E-state index is 0.274. The van der Waals surface area contributed by atoms with E-state index in [1.807, 2.05) is 5.83 Å². The fraction of sp³-hybridized carbons (Fsp3) is 1.00. The molecule has 1 aliphatic rings. The maximum Gasteiger partial charge on any atom is 0.0145 e. The Kier molecular flexibility index (Phi) is 13.2. The van der Waals surface area contributed by atoms with Gasteiger partial charge in [0.25, 0.3) is 0 Å². The van der Waals surface area contributed by atoms with Gasteiger partial charge in [-0.3, -0.25) is 0 Å². The first-order valence-corrected chi connectivity index (χ1v) is 10.1. The highest BCUT2D eigenvalue weighted by Gasteiger charge is 2.38. The van der Waals surface area contributed by atoms with Crippen LogP contribution in [0.15, 0.2) is 0 Å². The standard InChI is InChI=1S/C11H24N2.C6H15N.CH3Br/c1-10(2)7-9(13(5)6)8-11(3,4)12-10;1-4-5-6-7(2)3;1-2/h9,12H,7-8H2,1-6H3;4-6H2,1-3H3;1H3. The zero-order valence-electron chi connectivity index (χ0n) is 16.9. The molecule has 0 atom stereocenters. The summed E-state index contributed by atoms with van der Waals surface area (Å²) in [6, 6.07) is 0.714. The molecule has 22 heavy (non-hydrogen) atoms. The Bertz CT molecular complexity index is 247. The van der Waals surface area contributed by atoms with Crippen LogP contribution in [-0.4, -0.2) is 67.5 Å². The van der Waals surface area contributed by atoms with Gasteiger partial charge in [0, 0.05) is 17.1 Å². The van der Waals surface area contributed by atoms with Crippen molar-refractivity contribution in [3.63, 3.8) is 0 Å². The van der Waals surface area contributed by atoms with Gasteiger partial charge in [0.05, 0.1) is 0 Å². The molecule has 136 valence electrons. The molecular formula is C18H42BrN3.